The summed E-state index contributed by atoms with van der Waals surface area (Å²) in [6.45, 7) is 5.04. The summed E-state index contributed by atoms with van der Waals surface area (Å²) in [5.41, 5.74) is -1.28. The second kappa shape index (κ2) is 11.7. The third-order valence-corrected chi connectivity index (χ3v) is 9.70. The molecule has 2 heterocycles. The molecule has 4 amide bonds. The van der Waals surface area contributed by atoms with Crippen LogP contribution in [-0.4, -0.2) is 83.4 Å². The zero-order chi connectivity index (χ0) is 29.3. The quantitative estimate of drug-likeness (QED) is 0.360. The predicted molar refractivity (Wildman–Crippen MR) is 145 cm³/mol. The molecule has 4 N–H and O–H groups in total. The molecule has 0 aromatic rings. The number of aliphatic hydroxyl groups excluding tert-OH is 1. The Kier molecular flexibility index (Phi) is 8.84. The van der Waals surface area contributed by atoms with Gasteiger partial charge in [-0.05, 0) is 65.7 Å². The molecule has 13 heteroatoms. The van der Waals surface area contributed by atoms with E-state index in [1.54, 1.807) is 20.8 Å². The summed E-state index contributed by atoms with van der Waals surface area (Å²) in [4.78, 5) is 54.6. The first-order valence-corrected chi connectivity index (χ1v) is 15.8. The van der Waals surface area contributed by atoms with Gasteiger partial charge in [0.25, 0.3) is 5.91 Å². The lowest BCUT2D eigenvalue weighted by Gasteiger charge is -2.33. The van der Waals surface area contributed by atoms with Gasteiger partial charge in [0, 0.05) is 19.4 Å². The number of fused-ring (bicyclic) bond motifs is 3. The van der Waals surface area contributed by atoms with Crippen molar-refractivity contribution in [1.29, 1.82) is 0 Å². The summed E-state index contributed by atoms with van der Waals surface area (Å²) in [5, 5.41) is 15.3. The molecule has 0 radical (unpaired) electrons. The Hall–Kier alpha value is -2.67. The summed E-state index contributed by atoms with van der Waals surface area (Å²) < 4.78 is 32.7. The number of sulfonamides is 1. The number of aliphatic hydroxyl groups is 1. The van der Waals surface area contributed by atoms with Crippen molar-refractivity contribution in [2.45, 2.75) is 126 Å². The number of ether oxygens (including phenoxy) is 1. The average molecular weight is 583 g/mol. The molecule has 4 atom stereocenters. The molecule has 0 aromatic carbocycles. The van der Waals surface area contributed by atoms with Gasteiger partial charge in [0.2, 0.25) is 21.8 Å². The number of hydrogen-bond donors (Lipinski definition) is 4. The third kappa shape index (κ3) is 7.34. The van der Waals surface area contributed by atoms with Crippen LogP contribution in [-0.2, 0) is 29.1 Å². The van der Waals surface area contributed by atoms with Crippen LogP contribution in [0.3, 0.4) is 0 Å². The fourth-order valence-electron chi connectivity index (χ4n) is 5.67. The van der Waals surface area contributed by atoms with E-state index >= 15 is 0 Å². The number of rotatable bonds is 4. The summed E-state index contributed by atoms with van der Waals surface area (Å²) in [6.07, 6.45) is 5.52. The maximum atomic E-state index is 13.7. The SMILES string of the molecule is CC(C)(C)OC(=O)N[C@H]1CCCCC/C=C2/CCC(C(=O)NS(=O)(=O)C3CC3)(C2)NC(=O)[C@@H]2C[C@@H](O)CN2C1=O. The van der Waals surface area contributed by atoms with Crippen molar-refractivity contribution in [1.82, 2.24) is 20.3 Å². The summed E-state index contributed by atoms with van der Waals surface area (Å²) in [6, 6.07) is -2.05. The molecular weight excluding hydrogens is 540 g/mol. The van der Waals surface area contributed by atoms with Crippen molar-refractivity contribution in [2.75, 3.05) is 6.54 Å². The molecule has 4 rings (SSSR count). The van der Waals surface area contributed by atoms with E-state index in [0.29, 0.717) is 32.1 Å². The average Bonchev–Trinajstić information content (AvgIpc) is 3.53. The smallest absolute Gasteiger partial charge is 0.408 e. The van der Waals surface area contributed by atoms with Crippen molar-refractivity contribution in [3.05, 3.63) is 11.6 Å². The zero-order valence-corrected chi connectivity index (χ0v) is 24.3. The standard InChI is InChI=1S/C27H42N4O8S/c1-26(2,3)39-25(36)28-20-9-7-5-4-6-8-17-12-13-27(15-17,24(35)30-40(37,38)19-10-11-19)29-22(33)21-14-18(32)16-31(21)23(20)34/h8,18-21,32H,4-7,9-16H2,1-3H3,(H,28,36)(H,29,33)(H,30,35)/b17-8-/t18-,20+,21+,27?/m1/s1. The number of nitrogens with zero attached hydrogens (tertiary/aromatic N) is 1. The molecule has 2 aliphatic carbocycles. The van der Waals surface area contributed by atoms with Crippen molar-refractivity contribution < 1.29 is 37.4 Å². The van der Waals surface area contributed by atoms with E-state index in [0.717, 1.165) is 24.8 Å². The Labute approximate surface area is 235 Å². The van der Waals surface area contributed by atoms with Crippen LogP contribution >= 0.6 is 0 Å². The number of carbonyl (C=O) groups excluding carboxylic acids is 4. The molecular formula is C27H42N4O8S. The largest absolute Gasteiger partial charge is 0.444 e. The van der Waals surface area contributed by atoms with Gasteiger partial charge in [-0.3, -0.25) is 19.1 Å². The molecule has 40 heavy (non-hydrogen) atoms. The van der Waals surface area contributed by atoms with Gasteiger partial charge in [0.1, 0.15) is 23.2 Å². The topological polar surface area (TPSA) is 171 Å². The molecule has 1 unspecified atom stereocenters. The highest BCUT2D eigenvalue weighted by atomic mass is 32.2. The maximum absolute atomic E-state index is 13.7. The van der Waals surface area contributed by atoms with Gasteiger partial charge in [-0.2, -0.15) is 0 Å². The van der Waals surface area contributed by atoms with E-state index in [-0.39, 0.29) is 25.8 Å². The van der Waals surface area contributed by atoms with E-state index < -0.39 is 68.4 Å². The van der Waals surface area contributed by atoms with Gasteiger partial charge in [0.05, 0.1) is 11.4 Å². The number of alkyl carbamates (subject to hydrolysis) is 1. The highest BCUT2D eigenvalue weighted by Gasteiger charge is 2.50. The lowest BCUT2D eigenvalue weighted by atomic mass is 9.95. The van der Waals surface area contributed by atoms with Crippen molar-refractivity contribution in [3.8, 4) is 0 Å². The molecule has 4 aliphatic rings. The molecule has 0 aromatic heterocycles. The number of hydrogen-bond acceptors (Lipinski definition) is 8. The monoisotopic (exact) mass is 582 g/mol. The highest BCUT2D eigenvalue weighted by molar-refractivity contribution is 7.90. The van der Waals surface area contributed by atoms with Gasteiger partial charge in [-0.1, -0.05) is 24.5 Å². The Morgan fingerprint density at radius 3 is 2.55 bits per heavy atom. The second-order valence-corrected chi connectivity index (χ2v) is 14.5. The lowest BCUT2D eigenvalue weighted by molar-refractivity contribution is -0.142. The second-order valence-electron chi connectivity index (χ2n) is 12.5. The van der Waals surface area contributed by atoms with Gasteiger partial charge in [0.15, 0.2) is 0 Å². The minimum absolute atomic E-state index is 0.0441. The van der Waals surface area contributed by atoms with Crippen LogP contribution in [0, 0.1) is 0 Å². The molecule has 3 fully saturated rings. The fourth-order valence-corrected chi connectivity index (χ4v) is 7.04. The van der Waals surface area contributed by atoms with E-state index in [1.807, 2.05) is 6.08 Å². The van der Waals surface area contributed by atoms with Crippen molar-refractivity contribution in [3.63, 3.8) is 0 Å². The number of allylic oxidation sites excluding steroid dienone is 1. The van der Waals surface area contributed by atoms with Gasteiger partial charge in [-0.25, -0.2) is 13.2 Å². The summed E-state index contributed by atoms with van der Waals surface area (Å²) in [5.74, 6) is -1.94. The minimum atomic E-state index is -3.84. The molecule has 0 spiro atoms. The van der Waals surface area contributed by atoms with Gasteiger partial charge >= 0.3 is 6.09 Å². The Morgan fingerprint density at radius 1 is 1.15 bits per heavy atom. The van der Waals surface area contributed by atoms with Crippen LogP contribution in [0.15, 0.2) is 11.6 Å². The third-order valence-electron chi connectivity index (χ3n) is 7.88. The minimum Gasteiger partial charge on any atom is -0.444 e. The van der Waals surface area contributed by atoms with Crippen LogP contribution < -0.4 is 15.4 Å². The Balaban J connectivity index is 1.60. The van der Waals surface area contributed by atoms with Crippen molar-refractivity contribution in [2.24, 2.45) is 0 Å². The van der Waals surface area contributed by atoms with Crippen LogP contribution in [0.2, 0.25) is 0 Å². The summed E-state index contributed by atoms with van der Waals surface area (Å²) >= 11 is 0. The van der Waals surface area contributed by atoms with E-state index in [9.17, 15) is 32.7 Å². The first kappa shape index (κ1) is 30.3. The maximum Gasteiger partial charge on any atom is 0.408 e. The number of nitrogens with one attached hydrogen (secondary N) is 3. The Bertz CT molecular complexity index is 1160. The van der Waals surface area contributed by atoms with Crippen LogP contribution in [0.25, 0.3) is 0 Å². The normalized spacial score (nSPS) is 31.6. The van der Waals surface area contributed by atoms with E-state index in [1.165, 1.54) is 4.90 Å². The van der Waals surface area contributed by atoms with Crippen LogP contribution in [0.1, 0.15) is 91.4 Å². The van der Waals surface area contributed by atoms with E-state index in [4.69, 9.17) is 4.74 Å². The number of amides is 4. The molecule has 2 saturated carbocycles. The molecule has 1 saturated heterocycles. The van der Waals surface area contributed by atoms with Gasteiger partial charge < -0.3 is 25.4 Å². The molecule has 12 nitrogen and oxygen atoms in total. The number of carbonyl (C=O) groups is 4. The molecule has 2 bridgehead atoms. The lowest BCUT2D eigenvalue weighted by Crippen LogP contribution is -2.62. The highest BCUT2D eigenvalue weighted by Crippen LogP contribution is 2.37. The molecule has 224 valence electrons. The van der Waals surface area contributed by atoms with Gasteiger partial charge in [-0.15, -0.1) is 0 Å². The first-order valence-electron chi connectivity index (χ1n) is 14.2. The predicted octanol–water partition coefficient (Wildman–Crippen LogP) is 1.38. The fraction of sp³-hybridized carbons (Fsp3) is 0.778. The first-order chi connectivity index (χ1) is 18.7. The van der Waals surface area contributed by atoms with Crippen molar-refractivity contribution >= 4 is 33.8 Å². The van der Waals surface area contributed by atoms with E-state index in [2.05, 4.69) is 15.4 Å². The van der Waals surface area contributed by atoms with Crippen LogP contribution in [0.5, 0.6) is 0 Å². The Morgan fingerprint density at radius 2 is 1.88 bits per heavy atom. The summed E-state index contributed by atoms with van der Waals surface area (Å²) in [7, 11) is -3.84. The molecule has 2 aliphatic heterocycles. The van der Waals surface area contributed by atoms with Crippen LogP contribution in [0.4, 0.5) is 4.79 Å². The zero-order valence-electron chi connectivity index (χ0n) is 23.5.